The van der Waals surface area contributed by atoms with Gasteiger partial charge in [-0.25, -0.2) is 0 Å². The second kappa shape index (κ2) is 7.27. The van der Waals surface area contributed by atoms with Crippen molar-refractivity contribution in [2.45, 2.75) is 24.8 Å². The summed E-state index contributed by atoms with van der Waals surface area (Å²) < 4.78 is 34.9. The van der Waals surface area contributed by atoms with Gasteiger partial charge in [0.1, 0.15) is 18.5 Å². The Morgan fingerprint density at radius 1 is 1.09 bits per heavy atom. The van der Waals surface area contributed by atoms with Crippen molar-refractivity contribution in [3.8, 4) is 11.8 Å². The Hall–Kier alpha value is -2.36. The number of benzene rings is 2. The second-order valence-corrected chi connectivity index (χ2v) is 6.69. The molecule has 0 fully saturated rings. The molecule has 0 saturated heterocycles. The smallest absolute Gasteiger partial charge is 0.297 e. The lowest BCUT2D eigenvalue weighted by molar-refractivity contribution is 0.149. The predicted molar refractivity (Wildman–Crippen MR) is 85.6 cm³/mol. The van der Waals surface area contributed by atoms with Gasteiger partial charge < -0.3 is 4.74 Å². The zero-order valence-corrected chi connectivity index (χ0v) is 13.7. The average Bonchev–Trinajstić information content (AvgIpc) is 2.53. The molecule has 0 aliphatic carbocycles. The third-order valence-corrected chi connectivity index (χ3v) is 4.50. The number of hydrogen-bond donors (Lipinski definition) is 0. The monoisotopic (exact) mass is 331 g/mol. The van der Waals surface area contributed by atoms with E-state index in [1.54, 1.807) is 43.3 Å². The first-order valence-electron chi connectivity index (χ1n) is 7.03. The van der Waals surface area contributed by atoms with E-state index < -0.39 is 16.2 Å². The number of nitrogens with zero attached hydrogens (tertiary/aromatic N) is 1. The molecule has 0 N–H and O–H groups in total. The fourth-order valence-corrected chi connectivity index (χ4v) is 2.91. The quantitative estimate of drug-likeness (QED) is 0.760. The molecule has 0 aromatic heterocycles. The Morgan fingerprint density at radius 3 is 2.26 bits per heavy atom. The normalized spacial score (nSPS) is 12.4. The molecule has 120 valence electrons. The van der Waals surface area contributed by atoms with E-state index in [0.29, 0.717) is 11.3 Å². The van der Waals surface area contributed by atoms with E-state index in [-0.39, 0.29) is 11.5 Å². The molecule has 5 nitrogen and oxygen atoms in total. The fraction of sp³-hybridized carbons (Fsp3) is 0.235. The number of aryl methyl sites for hydroxylation is 1. The van der Waals surface area contributed by atoms with Crippen LogP contribution in [0.5, 0.6) is 5.75 Å². The van der Waals surface area contributed by atoms with Crippen molar-refractivity contribution in [3.05, 3.63) is 59.7 Å². The second-order valence-electron chi connectivity index (χ2n) is 5.12. The molecule has 0 aliphatic heterocycles. The molecule has 0 bridgehead atoms. The van der Waals surface area contributed by atoms with Crippen LogP contribution in [0.3, 0.4) is 0 Å². The molecule has 2 aromatic rings. The van der Waals surface area contributed by atoms with Crippen LogP contribution in [0.2, 0.25) is 0 Å². The van der Waals surface area contributed by atoms with Gasteiger partial charge in [-0.2, -0.15) is 13.7 Å². The summed E-state index contributed by atoms with van der Waals surface area (Å²) in [4.78, 5) is 0.119. The van der Waals surface area contributed by atoms with Gasteiger partial charge >= 0.3 is 0 Å². The summed E-state index contributed by atoms with van der Waals surface area (Å²) in [5.41, 5.74) is 1.50. The number of hydrogen-bond acceptors (Lipinski definition) is 5. The van der Waals surface area contributed by atoms with Gasteiger partial charge in [-0.05, 0) is 50.2 Å². The molecule has 0 aliphatic rings. The maximum Gasteiger partial charge on any atom is 0.297 e. The van der Waals surface area contributed by atoms with Crippen LogP contribution >= 0.6 is 0 Å². The Bertz CT molecular complexity index is 790. The van der Waals surface area contributed by atoms with Gasteiger partial charge in [0.15, 0.2) is 0 Å². The zero-order valence-electron chi connectivity index (χ0n) is 12.9. The van der Waals surface area contributed by atoms with Crippen molar-refractivity contribution in [2.75, 3.05) is 6.61 Å². The molecule has 0 radical (unpaired) electrons. The highest BCUT2D eigenvalue weighted by molar-refractivity contribution is 7.86. The topological polar surface area (TPSA) is 76.4 Å². The van der Waals surface area contributed by atoms with E-state index in [2.05, 4.69) is 0 Å². The molecule has 1 atom stereocenters. The van der Waals surface area contributed by atoms with Crippen molar-refractivity contribution < 1.29 is 17.3 Å². The molecule has 6 heteroatoms. The molecule has 2 rings (SSSR count). The summed E-state index contributed by atoms with van der Waals surface area (Å²) >= 11 is 0. The molecule has 0 spiro atoms. The molecule has 23 heavy (non-hydrogen) atoms. The number of rotatable bonds is 6. The lowest BCUT2D eigenvalue weighted by Gasteiger charge is -2.14. The highest BCUT2D eigenvalue weighted by Crippen LogP contribution is 2.16. The lowest BCUT2D eigenvalue weighted by atomic mass is 10.2. The molecule has 0 heterocycles. The highest BCUT2D eigenvalue weighted by atomic mass is 32.2. The SMILES string of the molecule is Cc1ccc(S(=O)(=O)O[C@@H](C)COc2ccc(C#N)cc2)cc1. The minimum Gasteiger partial charge on any atom is -0.491 e. The highest BCUT2D eigenvalue weighted by Gasteiger charge is 2.19. The average molecular weight is 331 g/mol. The van der Waals surface area contributed by atoms with Crippen molar-refractivity contribution >= 4 is 10.1 Å². The minimum atomic E-state index is -3.81. The van der Waals surface area contributed by atoms with Crippen LogP contribution in [0.1, 0.15) is 18.1 Å². The maximum absolute atomic E-state index is 12.1. The van der Waals surface area contributed by atoms with Crippen molar-refractivity contribution in [2.24, 2.45) is 0 Å². The van der Waals surface area contributed by atoms with Crippen LogP contribution in [0, 0.1) is 18.3 Å². The van der Waals surface area contributed by atoms with Gasteiger partial charge in [0.2, 0.25) is 0 Å². The third-order valence-electron chi connectivity index (χ3n) is 3.07. The summed E-state index contributed by atoms with van der Waals surface area (Å²) in [6, 6.07) is 15.0. The lowest BCUT2D eigenvalue weighted by Crippen LogP contribution is -2.22. The predicted octanol–water partition coefficient (Wildman–Crippen LogP) is 3.04. The van der Waals surface area contributed by atoms with Crippen LogP contribution in [-0.2, 0) is 14.3 Å². The number of ether oxygens (including phenoxy) is 1. The first-order valence-corrected chi connectivity index (χ1v) is 8.44. The molecular formula is C17H17NO4S. The van der Waals surface area contributed by atoms with Crippen LogP contribution in [-0.4, -0.2) is 21.1 Å². The zero-order chi connectivity index (χ0) is 16.9. The number of nitriles is 1. The molecule has 2 aromatic carbocycles. The van der Waals surface area contributed by atoms with Gasteiger partial charge in [0.05, 0.1) is 16.5 Å². The van der Waals surface area contributed by atoms with Gasteiger partial charge in [0.25, 0.3) is 10.1 Å². The Balaban J connectivity index is 1.94. The molecular weight excluding hydrogens is 314 g/mol. The van der Waals surface area contributed by atoms with Crippen LogP contribution in [0.25, 0.3) is 0 Å². The molecule has 0 unspecified atom stereocenters. The van der Waals surface area contributed by atoms with Gasteiger partial charge in [-0.1, -0.05) is 17.7 Å². The van der Waals surface area contributed by atoms with Gasteiger partial charge in [-0.15, -0.1) is 0 Å². The first-order chi connectivity index (χ1) is 10.9. The summed E-state index contributed by atoms with van der Waals surface area (Å²) in [7, 11) is -3.81. The van der Waals surface area contributed by atoms with E-state index in [4.69, 9.17) is 14.2 Å². The largest absolute Gasteiger partial charge is 0.491 e. The fourth-order valence-electron chi connectivity index (χ4n) is 1.84. The van der Waals surface area contributed by atoms with E-state index in [1.807, 2.05) is 13.0 Å². The van der Waals surface area contributed by atoms with Crippen molar-refractivity contribution in [3.63, 3.8) is 0 Å². The van der Waals surface area contributed by atoms with E-state index in [9.17, 15) is 8.42 Å². The Labute approximate surface area is 136 Å². The summed E-state index contributed by atoms with van der Waals surface area (Å²) in [5, 5.41) is 8.72. The standard InChI is InChI=1S/C17H17NO4S/c1-13-3-9-17(10-4-13)23(19,20)22-14(2)12-21-16-7-5-15(11-18)6-8-16/h3-10,14H,12H2,1-2H3/t14-/m0/s1. The van der Waals surface area contributed by atoms with Gasteiger partial charge in [0, 0.05) is 0 Å². The van der Waals surface area contributed by atoms with Crippen molar-refractivity contribution in [1.82, 2.24) is 0 Å². The Kier molecular flexibility index (Phi) is 5.37. The molecule has 0 amide bonds. The van der Waals surface area contributed by atoms with E-state index in [0.717, 1.165) is 5.56 Å². The van der Waals surface area contributed by atoms with Crippen LogP contribution < -0.4 is 4.74 Å². The summed E-state index contributed by atoms with van der Waals surface area (Å²) in [6.07, 6.45) is -0.642. The first kappa shape index (κ1) is 17.0. The molecule has 0 saturated carbocycles. The Morgan fingerprint density at radius 2 is 1.70 bits per heavy atom. The maximum atomic E-state index is 12.1. The van der Waals surface area contributed by atoms with Gasteiger partial charge in [-0.3, -0.25) is 4.18 Å². The summed E-state index contributed by atoms with van der Waals surface area (Å²) in [6.45, 7) is 3.58. The minimum absolute atomic E-state index is 0.0803. The van der Waals surface area contributed by atoms with Crippen LogP contribution in [0.15, 0.2) is 53.4 Å². The third kappa shape index (κ3) is 4.81. The van der Waals surface area contributed by atoms with Crippen molar-refractivity contribution in [1.29, 1.82) is 5.26 Å². The summed E-state index contributed by atoms with van der Waals surface area (Å²) in [5.74, 6) is 0.548. The van der Waals surface area contributed by atoms with E-state index >= 15 is 0 Å². The van der Waals surface area contributed by atoms with E-state index in [1.165, 1.54) is 12.1 Å². The van der Waals surface area contributed by atoms with Crippen LogP contribution in [0.4, 0.5) is 0 Å².